The van der Waals surface area contributed by atoms with E-state index in [1.54, 1.807) is 6.33 Å². The van der Waals surface area contributed by atoms with Crippen molar-refractivity contribution in [3.63, 3.8) is 0 Å². The highest BCUT2D eigenvalue weighted by molar-refractivity contribution is 5.69. The van der Waals surface area contributed by atoms with Crippen molar-refractivity contribution in [1.82, 2.24) is 19.7 Å². The number of nitrogens with zero attached hydrogens (tertiary/aromatic N) is 4. The third kappa shape index (κ3) is 3.71. The summed E-state index contributed by atoms with van der Waals surface area (Å²) in [4.78, 5) is 8.76. The van der Waals surface area contributed by atoms with Gasteiger partial charge in [0.25, 0.3) is 0 Å². The SMILES string of the molecule is Cc1nn(C)c(C)c1-c1cc(Nc2ccc(Oc3ccccc3)cc2)ncn1. The lowest BCUT2D eigenvalue weighted by Crippen LogP contribution is -1.97. The fourth-order valence-corrected chi connectivity index (χ4v) is 3.09. The number of benzene rings is 2. The van der Waals surface area contributed by atoms with E-state index < -0.39 is 0 Å². The zero-order valence-electron chi connectivity index (χ0n) is 16.0. The van der Waals surface area contributed by atoms with Crippen LogP contribution >= 0.6 is 0 Å². The number of hydrogen-bond acceptors (Lipinski definition) is 5. The van der Waals surface area contributed by atoms with Crippen molar-refractivity contribution < 1.29 is 4.74 Å². The lowest BCUT2D eigenvalue weighted by atomic mass is 10.1. The molecule has 0 atom stereocenters. The molecule has 0 unspecified atom stereocenters. The first-order valence-electron chi connectivity index (χ1n) is 9.03. The van der Waals surface area contributed by atoms with Gasteiger partial charge in [0, 0.05) is 30.1 Å². The van der Waals surface area contributed by atoms with E-state index in [4.69, 9.17) is 4.74 Å². The van der Waals surface area contributed by atoms with Crippen LogP contribution in [0.3, 0.4) is 0 Å². The van der Waals surface area contributed by atoms with Gasteiger partial charge in [-0.05, 0) is 50.2 Å². The molecular weight excluding hydrogens is 350 g/mol. The molecule has 2 aromatic carbocycles. The van der Waals surface area contributed by atoms with Crippen LogP contribution in [0.2, 0.25) is 0 Å². The van der Waals surface area contributed by atoms with Gasteiger partial charge in [0.2, 0.25) is 0 Å². The molecule has 0 fully saturated rings. The van der Waals surface area contributed by atoms with Gasteiger partial charge in [0.05, 0.1) is 11.4 Å². The van der Waals surface area contributed by atoms with Crippen LogP contribution < -0.4 is 10.1 Å². The van der Waals surface area contributed by atoms with Gasteiger partial charge in [0.15, 0.2) is 0 Å². The van der Waals surface area contributed by atoms with E-state index in [9.17, 15) is 0 Å². The van der Waals surface area contributed by atoms with Crippen molar-refractivity contribution in [3.05, 3.63) is 78.4 Å². The average molecular weight is 371 g/mol. The molecule has 0 aliphatic heterocycles. The minimum atomic E-state index is 0.726. The van der Waals surface area contributed by atoms with E-state index in [0.717, 1.165) is 45.6 Å². The molecule has 0 aliphatic carbocycles. The lowest BCUT2D eigenvalue weighted by Gasteiger charge is -2.09. The fraction of sp³-hybridized carbons (Fsp3) is 0.136. The van der Waals surface area contributed by atoms with E-state index in [1.807, 2.05) is 86.2 Å². The molecule has 6 heteroatoms. The smallest absolute Gasteiger partial charge is 0.134 e. The summed E-state index contributed by atoms with van der Waals surface area (Å²) in [6.45, 7) is 4.03. The Balaban J connectivity index is 1.52. The predicted octanol–water partition coefficient (Wildman–Crippen LogP) is 5.03. The van der Waals surface area contributed by atoms with Gasteiger partial charge in [0.1, 0.15) is 23.6 Å². The molecule has 0 spiro atoms. The van der Waals surface area contributed by atoms with E-state index >= 15 is 0 Å². The Kier molecular flexibility index (Phi) is 4.76. The van der Waals surface area contributed by atoms with Gasteiger partial charge in [-0.15, -0.1) is 0 Å². The van der Waals surface area contributed by atoms with Gasteiger partial charge in [-0.1, -0.05) is 18.2 Å². The Labute approximate surface area is 163 Å². The van der Waals surface area contributed by atoms with Gasteiger partial charge >= 0.3 is 0 Å². The van der Waals surface area contributed by atoms with E-state index in [0.29, 0.717) is 0 Å². The molecule has 0 aliphatic rings. The van der Waals surface area contributed by atoms with Crippen molar-refractivity contribution >= 4 is 11.5 Å². The molecule has 140 valence electrons. The molecule has 28 heavy (non-hydrogen) atoms. The molecule has 1 N–H and O–H groups in total. The summed E-state index contributed by atoms with van der Waals surface area (Å²) in [5.74, 6) is 2.32. The number of aryl methyl sites for hydroxylation is 2. The van der Waals surface area contributed by atoms with Crippen LogP contribution in [0.25, 0.3) is 11.3 Å². The molecule has 0 amide bonds. The van der Waals surface area contributed by atoms with Crippen LogP contribution in [0, 0.1) is 13.8 Å². The maximum Gasteiger partial charge on any atom is 0.134 e. The zero-order valence-corrected chi connectivity index (χ0v) is 16.0. The van der Waals surface area contributed by atoms with Crippen molar-refractivity contribution in [3.8, 4) is 22.8 Å². The Morgan fingerprint density at radius 3 is 2.29 bits per heavy atom. The molecule has 0 radical (unpaired) electrons. The van der Waals surface area contributed by atoms with Crippen LogP contribution in [0.5, 0.6) is 11.5 Å². The second-order valence-corrected chi connectivity index (χ2v) is 6.52. The largest absolute Gasteiger partial charge is 0.457 e. The molecule has 2 heterocycles. The molecule has 0 bridgehead atoms. The highest BCUT2D eigenvalue weighted by atomic mass is 16.5. The Hall–Kier alpha value is -3.67. The summed E-state index contributed by atoms with van der Waals surface area (Å²) in [6, 6.07) is 19.4. The molecule has 4 aromatic rings. The van der Waals surface area contributed by atoms with Gasteiger partial charge in [-0.25, -0.2) is 9.97 Å². The topological polar surface area (TPSA) is 64.9 Å². The summed E-state index contributed by atoms with van der Waals surface area (Å²) < 4.78 is 7.69. The van der Waals surface area contributed by atoms with E-state index in [1.165, 1.54) is 0 Å². The first-order valence-corrected chi connectivity index (χ1v) is 9.03. The summed E-state index contributed by atoms with van der Waals surface area (Å²) >= 11 is 0. The Bertz CT molecular complexity index is 1090. The molecule has 4 rings (SSSR count). The van der Waals surface area contributed by atoms with Crippen molar-refractivity contribution in [2.24, 2.45) is 7.05 Å². The fourth-order valence-electron chi connectivity index (χ4n) is 3.09. The second-order valence-electron chi connectivity index (χ2n) is 6.52. The molecule has 0 saturated heterocycles. The van der Waals surface area contributed by atoms with Crippen molar-refractivity contribution in [1.29, 1.82) is 0 Å². The third-order valence-electron chi connectivity index (χ3n) is 4.54. The number of hydrogen-bond donors (Lipinski definition) is 1. The number of rotatable bonds is 5. The number of aromatic nitrogens is 4. The maximum atomic E-state index is 5.83. The molecular formula is C22H21N5O. The number of anilines is 2. The minimum Gasteiger partial charge on any atom is -0.457 e. The van der Waals surface area contributed by atoms with Crippen LogP contribution in [0.1, 0.15) is 11.4 Å². The third-order valence-corrected chi connectivity index (χ3v) is 4.54. The summed E-state index contributed by atoms with van der Waals surface area (Å²) in [5.41, 5.74) is 4.84. The maximum absolute atomic E-state index is 5.83. The zero-order chi connectivity index (χ0) is 19.5. The Morgan fingerprint density at radius 1 is 0.893 bits per heavy atom. The minimum absolute atomic E-state index is 0.726. The summed E-state index contributed by atoms with van der Waals surface area (Å²) in [5, 5.41) is 7.78. The Morgan fingerprint density at radius 2 is 1.61 bits per heavy atom. The average Bonchev–Trinajstić information content (AvgIpc) is 2.96. The van der Waals surface area contributed by atoms with Crippen molar-refractivity contribution in [2.45, 2.75) is 13.8 Å². The van der Waals surface area contributed by atoms with Crippen LogP contribution in [-0.4, -0.2) is 19.7 Å². The first-order chi connectivity index (χ1) is 13.6. The van der Waals surface area contributed by atoms with Crippen LogP contribution in [-0.2, 0) is 7.05 Å². The highest BCUT2D eigenvalue weighted by Crippen LogP contribution is 2.27. The van der Waals surface area contributed by atoms with E-state index in [2.05, 4.69) is 20.4 Å². The summed E-state index contributed by atoms with van der Waals surface area (Å²) in [7, 11) is 1.94. The summed E-state index contributed by atoms with van der Waals surface area (Å²) in [6.07, 6.45) is 1.57. The highest BCUT2D eigenvalue weighted by Gasteiger charge is 2.13. The predicted molar refractivity (Wildman–Crippen MR) is 110 cm³/mol. The van der Waals surface area contributed by atoms with Crippen molar-refractivity contribution in [2.75, 3.05) is 5.32 Å². The van der Waals surface area contributed by atoms with E-state index in [-0.39, 0.29) is 0 Å². The molecule has 2 aromatic heterocycles. The molecule has 6 nitrogen and oxygen atoms in total. The lowest BCUT2D eigenvalue weighted by molar-refractivity contribution is 0.483. The number of ether oxygens (including phenoxy) is 1. The molecule has 0 saturated carbocycles. The standard InChI is InChI=1S/C22H21N5O/c1-15-22(16(2)27(3)26-15)20-13-21(24-14-23-20)25-17-9-11-19(12-10-17)28-18-7-5-4-6-8-18/h4-14H,1-3H3,(H,23,24,25). The normalized spacial score (nSPS) is 10.7. The quantitative estimate of drug-likeness (QED) is 0.533. The van der Waals surface area contributed by atoms with Crippen LogP contribution in [0.4, 0.5) is 11.5 Å². The number of para-hydroxylation sites is 1. The van der Waals surface area contributed by atoms with Gasteiger partial charge < -0.3 is 10.1 Å². The monoisotopic (exact) mass is 371 g/mol. The number of nitrogens with one attached hydrogen (secondary N) is 1. The van der Waals surface area contributed by atoms with Gasteiger partial charge in [-0.2, -0.15) is 5.10 Å². The van der Waals surface area contributed by atoms with Gasteiger partial charge in [-0.3, -0.25) is 4.68 Å². The van der Waals surface area contributed by atoms with Crippen LogP contribution in [0.15, 0.2) is 67.0 Å². The second kappa shape index (κ2) is 7.52. The first kappa shape index (κ1) is 17.7.